The molecule has 0 aliphatic heterocycles. The fourth-order valence-electron chi connectivity index (χ4n) is 1.71. The molecule has 1 rings (SSSR count). The molecule has 0 saturated heterocycles. The third-order valence-corrected chi connectivity index (χ3v) is 2.95. The molecule has 0 saturated carbocycles. The van der Waals surface area contributed by atoms with Crippen LogP contribution in [0.15, 0.2) is 24.3 Å². The van der Waals surface area contributed by atoms with Gasteiger partial charge in [-0.05, 0) is 37.0 Å². The maximum Gasteiger partial charge on any atom is 0.258 e. The van der Waals surface area contributed by atoms with E-state index in [0.29, 0.717) is 0 Å². The van der Waals surface area contributed by atoms with E-state index in [2.05, 4.69) is 20.8 Å². The molecule has 0 radical (unpaired) electrons. The molecule has 0 unspecified atom stereocenters. The van der Waals surface area contributed by atoms with Gasteiger partial charge in [-0.3, -0.25) is 4.79 Å². The number of hydrogen-bond donors (Lipinski definition) is 1. The highest BCUT2D eigenvalue weighted by Gasteiger charge is 2.28. The van der Waals surface area contributed by atoms with Gasteiger partial charge in [0.2, 0.25) is 0 Å². The van der Waals surface area contributed by atoms with Crippen LogP contribution in [0, 0.1) is 0 Å². The molecule has 0 bridgehead atoms. The molecule has 0 aliphatic rings. The lowest BCUT2D eigenvalue weighted by Crippen LogP contribution is -2.43. The maximum atomic E-state index is 11.9. The van der Waals surface area contributed by atoms with Crippen molar-refractivity contribution in [2.45, 2.75) is 45.6 Å². The topological polar surface area (TPSA) is 40.5 Å². The quantitative estimate of drug-likeness (QED) is 0.875. The van der Waals surface area contributed by atoms with Crippen molar-refractivity contribution in [3.05, 3.63) is 29.8 Å². The van der Waals surface area contributed by atoms with Crippen LogP contribution in [-0.4, -0.2) is 23.7 Å². The minimum Gasteiger partial charge on any atom is -0.381 e. The second-order valence-electron chi connectivity index (χ2n) is 6.22. The van der Waals surface area contributed by atoms with Crippen molar-refractivity contribution in [2.75, 3.05) is 11.9 Å². The van der Waals surface area contributed by atoms with Gasteiger partial charge in [-0.2, -0.15) is 0 Å². The first-order valence-electron chi connectivity index (χ1n) is 6.14. The Morgan fingerprint density at radius 3 is 1.83 bits per heavy atom. The van der Waals surface area contributed by atoms with Crippen LogP contribution in [0.5, 0.6) is 0 Å². The first-order chi connectivity index (χ1) is 8.03. The maximum absolute atomic E-state index is 11.9. The normalized spacial score (nSPS) is 12.4. The average Bonchev–Trinajstić information content (AvgIpc) is 2.25. The van der Waals surface area contributed by atoms with E-state index in [9.17, 15) is 9.90 Å². The largest absolute Gasteiger partial charge is 0.381 e. The van der Waals surface area contributed by atoms with Gasteiger partial charge in [-0.1, -0.05) is 32.9 Å². The smallest absolute Gasteiger partial charge is 0.258 e. The first-order valence-corrected chi connectivity index (χ1v) is 6.14. The van der Waals surface area contributed by atoms with Crippen LogP contribution in [-0.2, 0) is 10.2 Å². The van der Waals surface area contributed by atoms with Crippen LogP contribution in [0.3, 0.4) is 0 Å². The number of likely N-dealkylation sites (N-methyl/N-ethyl adjacent to an activating group) is 1. The van der Waals surface area contributed by atoms with Gasteiger partial charge in [0.15, 0.2) is 0 Å². The highest BCUT2D eigenvalue weighted by atomic mass is 16.3. The Labute approximate surface area is 109 Å². The highest BCUT2D eigenvalue weighted by molar-refractivity contribution is 5.98. The van der Waals surface area contributed by atoms with Crippen molar-refractivity contribution >= 4 is 11.6 Å². The fraction of sp³-hybridized carbons (Fsp3) is 0.533. The van der Waals surface area contributed by atoms with Gasteiger partial charge in [0, 0.05) is 12.7 Å². The predicted octanol–water partition coefficient (Wildman–Crippen LogP) is 2.72. The summed E-state index contributed by atoms with van der Waals surface area (Å²) in [5, 5.41) is 9.71. The lowest BCUT2D eigenvalue weighted by molar-refractivity contribution is -0.133. The minimum atomic E-state index is -1.35. The summed E-state index contributed by atoms with van der Waals surface area (Å²) in [4.78, 5) is 13.4. The molecular formula is C15H23NO2. The van der Waals surface area contributed by atoms with Crippen LogP contribution < -0.4 is 4.90 Å². The summed E-state index contributed by atoms with van der Waals surface area (Å²) in [5.74, 6) is -0.314. The van der Waals surface area contributed by atoms with Gasteiger partial charge in [0.05, 0.1) is 0 Å². The van der Waals surface area contributed by atoms with Gasteiger partial charge >= 0.3 is 0 Å². The molecular weight excluding hydrogens is 226 g/mol. The summed E-state index contributed by atoms with van der Waals surface area (Å²) in [6.45, 7) is 9.43. The van der Waals surface area contributed by atoms with Crippen LogP contribution in [0.1, 0.15) is 40.2 Å². The van der Waals surface area contributed by atoms with E-state index in [0.717, 1.165) is 5.69 Å². The monoisotopic (exact) mass is 249 g/mol. The first kappa shape index (κ1) is 14.7. The summed E-state index contributed by atoms with van der Waals surface area (Å²) in [7, 11) is 1.67. The van der Waals surface area contributed by atoms with Crippen LogP contribution in [0.25, 0.3) is 0 Å². The summed E-state index contributed by atoms with van der Waals surface area (Å²) in [5.41, 5.74) is 0.750. The van der Waals surface area contributed by atoms with E-state index in [1.807, 2.05) is 24.3 Å². The van der Waals surface area contributed by atoms with Crippen molar-refractivity contribution in [1.29, 1.82) is 0 Å². The molecule has 1 amide bonds. The van der Waals surface area contributed by atoms with Gasteiger partial charge in [0.1, 0.15) is 5.60 Å². The molecule has 1 aromatic carbocycles. The van der Waals surface area contributed by atoms with E-state index in [1.54, 1.807) is 7.05 Å². The van der Waals surface area contributed by atoms with E-state index in [1.165, 1.54) is 24.3 Å². The van der Waals surface area contributed by atoms with Gasteiger partial charge in [-0.25, -0.2) is 0 Å². The third-order valence-electron chi connectivity index (χ3n) is 2.95. The number of hydrogen-bond acceptors (Lipinski definition) is 2. The number of aliphatic hydroxyl groups is 1. The SMILES string of the molecule is CN(C(=O)C(C)(C)O)c1ccc(C(C)(C)C)cc1. The zero-order valence-electron chi connectivity index (χ0n) is 12.1. The zero-order chi connectivity index (χ0) is 14.1. The molecule has 0 fully saturated rings. The fourth-order valence-corrected chi connectivity index (χ4v) is 1.71. The number of carbonyl (C=O) groups is 1. The number of carbonyl (C=O) groups excluding carboxylic acids is 1. The lowest BCUT2D eigenvalue weighted by atomic mass is 9.87. The number of amides is 1. The Balaban J connectivity index is 2.96. The van der Waals surface area contributed by atoms with Crippen molar-refractivity contribution in [3.8, 4) is 0 Å². The Morgan fingerprint density at radius 1 is 1.06 bits per heavy atom. The number of nitrogens with zero attached hydrogens (tertiary/aromatic N) is 1. The van der Waals surface area contributed by atoms with Crippen LogP contribution in [0.4, 0.5) is 5.69 Å². The van der Waals surface area contributed by atoms with Crippen molar-refractivity contribution in [3.63, 3.8) is 0 Å². The zero-order valence-corrected chi connectivity index (χ0v) is 12.1. The standard InChI is InChI=1S/C15H23NO2/c1-14(2,3)11-7-9-12(10-8-11)16(6)13(17)15(4,5)18/h7-10,18H,1-6H3. The lowest BCUT2D eigenvalue weighted by Gasteiger charge is -2.26. The third kappa shape index (κ3) is 3.33. The Kier molecular flexibility index (Phi) is 3.86. The van der Waals surface area contributed by atoms with Crippen LogP contribution in [0.2, 0.25) is 0 Å². The molecule has 1 N–H and O–H groups in total. The number of benzene rings is 1. The van der Waals surface area contributed by atoms with E-state index in [4.69, 9.17) is 0 Å². The van der Waals surface area contributed by atoms with E-state index < -0.39 is 5.60 Å². The Morgan fingerprint density at radius 2 is 1.50 bits per heavy atom. The molecule has 0 aliphatic carbocycles. The molecule has 0 spiro atoms. The molecule has 100 valence electrons. The molecule has 0 heterocycles. The second kappa shape index (κ2) is 4.73. The summed E-state index contributed by atoms with van der Waals surface area (Å²) < 4.78 is 0. The molecule has 0 atom stereocenters. The van der Waals surface area contributed by atoms with Crippen LogP contribution >= 0.6 is 0 Å². The van der Waals surface area contributed by atoms with E-state index >= 15 is 0 Å². The van der Waals surface area contributed by atoms with Gasteiger partial charge in [-0.15, -0.1) is 0 Å². The summed E-state index contributed by atoms with van der Waals surface area (Å²) in [6, 6.07) is 7.85. The van der Waals surface area contributed by atoms with Crippen molar-refractivity contribution < 1.29 is 9.90 Å². The molecule has 0 aromatic heterocycles. The average molecular weight is 249 g/mol. The van der Waals surface area contributed by atoms with E-state index in [-0.39, 0.29) is 11.3 Å². The highest BCUT2D eigenvalue weighted by Crippen LogP contribution is 2.25. The summed E-state index contributed by atoms with van der Waals surface area (Å²) in [6.07, 6.45) is 0. The Hall–Kier alpha value is -1.35. The summed E-state index contributed by atoms with van der Waals surface area (Å²) >= 11 is 0. The molecule has 18 heavy (non-hydrogen) atoms. The van der Waals surface area contributed by atoms with Gasteiger partial charge < -0.3 is 10.0 Å². The second-order valence-corrected chi connectivity index (χ2v) is 6.22. The van der Waals surface area contributed by atoms with Crippen molar-refractivity contribution in [1.82, 2.24) is 0 Å². The van der Waals surface area contributed by atoms with Crippen molar-refractivity contribution in [2.24, 2.45) is 0 Å². The predicted molar refractivity (Wildman–Crippen MR) is 74.8 cm³/mol. The minimum absolute atomic E-state index is 0.0946. The molecule has 3 heteroatoms. The molecule has 1 aromatic rings. The number of rotatable bonds is 2. The Bertz CT molecular complexity index is 421. The van der Waals surface area contributed by atoms with Gasteiger partial charge in [0.25, 0.3) is 5.91 Å². The molecule has 3 nitrogen and oxygen atoms in total. The number of anilines is 1.